The number of benzene rings is 2. The highest BCUT2D eigenvalue weighted by atomic mass is 16.5. The van der Waals surface area contributed by atoms with E-state index in [-0.39, 0.29) is 12.5 Å². The van der Waals surface area contributed by atoms with Gasteiger partial charge in [0.05, 0.1) is 5.56 Å². The van der Waals surface area contributed by atoms with E-state index in [1.165, 1.54) is 31.4 Å². The van der Waals surface area contributed by atoms with E-state index in [0.717, 1.165) is 13.1 Å². The Kier molecular flexibility index (Phi) is 6.25. The van der Waals surface area contributed by atoms with Crippen LogP contribution in [0.15, 0.2) is 54.6 Å². The summed E-state index contributed by atoms with van der Waals surface area (Å²) in [5.41, 5.74) is 2.31. The molecule has 5 heteroatoms. The number of amides is 1. The third-order valence-corrected chi connectivity index (χ3v) is 4.47. The van der Waals surface area contributed by atoms with Crippen LogP contribution >= 0.6 is 0 Å². The molecule has 1 fully saturated rings. The summed E-state index contributed by atoms with van der Waals surface area (Å²) in [6.07, 6.45) is 5.05. The van der Waals surface area contributed by atoms with Gasteiger partial charge >= 0.3 is 5.97 Å². The third-order valence-electron chi connectivity index (χ3n) is 4.47. The van der Waals surface area contributed by atoms with Crippen molar-refractivity contribution in [3.63, 3.8) is 0 Å². The van der Waals surface area contributed by atoms with E-state index in [1.54, 1.807) is 24.3 Å². The van der Waals surface area contributed by atoms with Gasteiger partial charge in [-0.1, -0.05) is 31.0 Å². The summed E-state index contributed by atoms with van der Waals surface area (Å²) in [5.74, 6) is -0.853. The normalized spacial score (nSPS) is 14.4. The Hall–Kier alpha value is -2.82. The highest BCUT2D eigenvalue weighted by Crippen LogP contribution is 2.21. The second-order valence-corrected chi connectivity index (χ2v) is 6.44. The lowest BCUT2D eigenvalue weighted by Gasteiger charge is -2.22. The lowest BCUT2D eigenvalue weighted by atomic mass is 10.2. The zero-order valence-corrected chi connectivity index (χ0v) is 14.8. The minimum Gasteiger partial charge on any atom is -0.452 e. The molecule has 1 aliphatic heterocycles. The Morgan fingerprint density at radius 2 is 1.54 bits per heavy atom. The first-order valence-corrected chi connectivity index (χ1v) is 9.09. The van der Waals surface area contributed by atoms with Crippen LogP contribution in [0.25, 0.3) is 0 Å². The molecule has 2 aromatic rings. The Balaban J connectivity index is 1.49. The van der Waals surface area contributed by atoms with Crippen LogP contribution in [-0.4, -0.2) is 31.6 Å². The summed E-state index contributed by atoms with van der Waals surface area (Å²) in [6.45, 7) is 1.86. The number of hydrogen-bond donors (Lipinski definition) is 1. The number of rotatable bonds is 5. The van der Waals surface area contributed by atoms with Gasteiger partial charge in [-0.3, -0.25) is 4.79 Å². The van der Waals surface area contributed by atoms with E-state index < -0.39 is 5.97 Å². The Morgan fingerprint density at radius 1 is 0.885 bits per heavy atom. The van der Waals surface area contributed by atoms with Crippen molar-refractivity contribution in [2.75, 3.05) is 29.9 Å². The topological polar surface area (TPSA) is 58.6 Å². The maximum Gasteiger partial charge on any atom is 0.338 e. The van der Waals surface area contributed by atoms with Crippen molar-refractivity contribution in [2.24, 2.45) is 0 Å². The molecular weight excluding hydrogens is 328 g/mol. The fraction of sp³-hybridized carbons (Fsp3) is 0.333. The standard InChI is InChI=1S/C21H24N2O3/c24-20(16-26-21(25)17-8-4-3-5-9-17)22-18-10-12-19(13-11-18)23-14-6-1-2-7-15-23/h3-5,8-13H,1-2,6-7,14-16H2,(H,22,24). The van der Waals surface area contributed by atoms with Crippen LogP contribution in [0.3, 0.4) is 0 Å². The predicted molar refractivity (Wildman–Crippen MR) is 102 cm³/mol. The SMILES string of the molecule is O=C(COC(=O)c1ccccc1)Nc1ccc(N2CCCCCC2)cc1. The van der Waals surface area contributed by atoms with Crippen LogP contribution in [0, 0.1) is 0 Å². The zero-order chi connectivity index (χ0) is 18.2. The van der Waals surface area contributed by atoms with Crippen LogP contribution in [0.1, 0.15) is 36.0 Å². The number of ether oxygens (including phenoxy) is 1. The number of carbonyl (C=O) groups is 2. The largest absolute Gasteiger partial charge is 0.452 e. The van der Waals surface area contributed by atoms with Crippen LogP contribution < -0.4 is 10.2 Å². The second kappa shape index (κ2) is 9.04. The number of esters is 1. The van der Waals surface area contributed by atoms with Gasteiger partial charge in [-0.05, 0) is 49.2 Å². The summed E-state index contributed by atoms with van der Waals surface area (Å²) in [4.78, 5) is 26.2. The van der Waals surface area contributed by atoms with E-state index in [0.29, 0.717) is 11.3 Å². The fourth-order valence-electron chi connectivity index (χ4n) is 3.07. The number of carbonyl (C=O) groups excluding carboxylic acids is 2. The molecule has 0 saturated carbocycles. The van der Waals surface area contributed by atoms with Crippen molar-refractivity contribution in [1.29, 1.82) is 0 Å². The Bertz CT molecular complexity index is 721. The molecule has 0 atom stereocenters. The monoisotopic (exact) mass is 352 g/mol. The summed E-state index contributed by atoms with van der Waals surface area (Å²) < 4.78 is 5.04. The Labute approximate surface area is 154 Å². The fourth-order valence-corrected chi connectivity index (χ4v) is 3.07. The molecule has 26 heavy (non-hydrogen) atoms. The summed E-state index contributed by atoms with van der Waals surface area (Å²) in [5, 5.41) is 2.76. The average Bonchev–Trinajstić information content (AvgIpc) is 2.97. The zero-order valence-electron chi connectivity index (χ0n) is 14.8. The van der Waals surface area contributed by atoms with Crippen molar-refractivity contribution in [1.82, 2.24) is 0 Å². The lowest BCUT2D eigenvalue weighted by molar-refractivity contribution is -0.119. The molecule has 1 N–H and O–H groups in total. The molecule has 3 rings (SSSR count). The van der Waals surface area contributed by atoms with Crippen molar-refractivity contribution in [3.05, 3.63) is 60.2 Å². The first kappa shape index (κ1) is 18.0. The number of hydrogen-bond acceptors (Lipinski definition) is 4. The first-order valence-electron chi connectivity index (χ1n) is 9.09. The molecule has 1 heterocycles. The van der Waals surface area contributed by atoms with Crippen LogP contribution in [0.2, 0.25) is 0 Å². The van der Waals surface area contributed by atoms with Gasteiger partial charge in [0.15, 0.2) is 6.61 Å². The molecule has 0 spiro atoms. The van der Waals surface area contributed by atoms with Crippen LogP contribution in [0.5, 0.6) is 0 Å². The van der Waals surface area contributed by atoms with Gasteiger partial charge < -0.3 is 15.0 Å². The summed E-state index contributed by atoms with van der Waals surface area (Å²) >= 11 is 0. The molecule has 0 radical (unpaired) electrons. The van der Waals surface area contributed by atoms with Crippen molar-refractivity contribution in [2.45, 2.75) is 25.7 Å². The molecule has 0 aliphatic carbocycles. The molecule has 1 saturated heterocycles. The lowest BCUT2D eigenvalue weighted by Crippen LogP contribution is -2.24. The van der Waals surface area contributed by atoms with Gasteiger partial charge in [0.1, 0.15) is 0 Å². The minimum absolute atomic E-state index is 0.304. The van der Waals surface area contributed by atoms with Crippen molar-refractivity contribution < 1.29 is 14.3 Å². The van der Waals surface area contributed by atoms with E-state index in [9.17, 15) is 9.59 Å². The van der Waals surface area contributed by atoms with Gasteiger partial charge in [0.25, 0.3) is 5.91 Å². The number of nitrogens with one attached hydrogen (secondary N) is 1. The quantitative estimate of drug-likeness (QED) is 0.830. The maximum absolute atomic E-state index is 12.0. The van der Waals surface area contributed by atoms with Crippen LogP contribution in [-0.2, 0) is 9.53 Å². The van der Waals surface area contributed by atoms with E-state index in [4.69, 9.17) is 4.74 Å². The molecule has 0 unspecified atom stereocenters. The van der Waals surface area contributed by atoms with E-state index in [1.807, 2.05) is 30.3 Å². The highest BCUT2D eigenvalue weighted by Gasteiger charge is 2.12. The highest BCUT2D eigenvalue weighted by molar-refractivity contribution is 5.95. The molecule has 0 bridgehead atoms. The van der Waals surface area contributed by atoms with Gasteiger partial charge in [-0.2, -0.15) is 0 Å². The van der Waals surface area contributed by atoms with Gasteiger partial charge in [0, 0.05) is 24.5 Å². The first-order chi connectivity index (χ1) is 12.7. The number of nitrogens with zero attached hydrogens (tertiary/aromatic N) is 1. The second-order valence-electron chi connectivity index (χ2n) is 6.44. The third kappa shape index (κ3) is 5.09. The predicted octanol–water partition coefficient (Wildman–Crippen LogP) is 3.86. The van der Waals surface area contributed by atoms with E-state index >= 15 is 0 Å². The molecule has 5 nitrogen and oxygen atoms in total. The van der Waals surface area contributed by atoms with Crippen molar-refractivity contribution in [3.8, 4) is 0 Å². The smallest absolute Gasteiger partial charge is 0.338 e. The average molecular weight is 352 g/mol. The molecule has 0 aromatic heterocycles. The van der Waals surface area contributed by atoms with Gasteiger partial charge in [-0.25, -0.2) is 4.79 Å². The van der Waals surface area contributed by atoms with Crippen LogP contribution in [0.4, 0.5) is 11.4 Å². The molecule has 1 amide bonds. The van der Waals surface area contributed by atoms with E-state index in [2.05, 4.69) is 10.2 Å². The summed E-state index contributed by atoms with van der Waals surface area (Å²) in [7, 11) is 0. The molecular formula is C21H24N2O3. The molecule has 1 aliphatic rings. The van der Waals surface area contributed by atoms with Crippen molar-refractivity contribution >= 4 is 23.3 Å². The Morgan fingerprint density at radius 3 is 2.19 bits per heavy atom. The number of anilines is 2. The maximum atomic E-state index is 12.0. The molecule has 136 valence electrons. The van der Waals surface area contributed by atoms with Gasteiger partial charge in [0.2, 0.25) is 0 Å². The summed E-state index contributed by atoms with van der Waals surface area (Å²) in [6, 6.07) is 16.5. The molecule has 2 aromatic carbocycles. The minimum atomic E-state index is -0.503. The van der Waals surface area contributed by atoms with Gasteiger partial charge in [-0.15, -0.1) is 0 Å².